The van der Waals surface area contributed by atoms with Crippen LogP contribution in [0.4, 0.5) is 0 Å². The number of imidazole rings is 1. The van der Waals surface area contributed by atoms with Gasteiger partial charge in [-0.1, -0.05) is 67.4 Å². The molecule has 32 heavy (non-hydrogen) atoms. The lowest BCUT2D eigenvalue weighted by Gasteiger charge is -2.15. The van der Waals surface area contributed by atoms with E-state index in [1.807, 2.05) is 30.3 Å². The number of nitrogens with zero attached hydrogens (tertiary/aromatic N) is 2. The number of halogens is 2. The van der Waals surface area contributed by atoms with E-state index in [0.717, 1.165) is 35.6 Å². The molecule has 0 radical (unpaired) electrons. The maximum Gasteiger partial charge on any atom is 0.148 e. The van der Waals surface area contributed by atoms with Gasteiger partial charge >= 0.3 is 0 Å². The van der Waals surface area contributed by atoms with E-state index in [1.54, 1.807) is 18.2 Å². The van der Waals surface area contributed by atoms with Crippen molar-refractivity contribution in [2.45, 2.75) is 39.3 Å². The van der Waals surface area contributed by atoms with Crippen LogP contribution in [0, 0.1) is 0 Å². The van der Waals surface area contributed by atoms with Crippen molar-refractivity contribution in [2.24, 2.45) is 0 Å². The number of para-hydroxylation sites is 3. The number of rotatable bonds is 9. The zero-order chi connectivity index (χ0) is 22.5. The van der Waals surface area contributed by atoms with E-state index in [2.05, 4.69) is 36.6 Å². The predicted octanol–water partition coefficient (Wildman–Crippen LogP) is 7.51. The third kappa shape index (κ3) is 5.20. The first-order valence-electron chi connectivity index (χ1n) is 10.8. The molecule has 4 rings (SSSR count). The molecule has 0 saturated heterocycles. The molecule has 0 fully saturated rings. The van der Waals surface area contributed by atoms with Crippen LogP contribution in [-0.2, 0) is 13.2 Å². The zero-order valence-corrected chi connectivity index (χ0v) is 19.7. The van der Waals surface area contributed by atoms with Crippen molar-refractivity contribution in [3.05, 3.63) is 88.2 Å². The van der Waals surface area contributed by atoms with Crippen LogP contribution in [0.5, 0.6) is 11.5 Å². The number of aromatic nitrogens is 2. The summed E-state index contributed by atoms with van der Waals surface area (Å²) in [6.45, 7) is 6.07. The van der Waals surface area contributed by atoms with Gasteiger partial charge in [0.25, 0.3) is 0 Å². The number of hydrogen-bond donors (Lipinski definition) is 0. The molecule has 0 bridgehead atoms. The first-order chi connectivity index (χ1) is 15.5. The topological polar surface area (TPSA) is 36.3 Å². The molecule has 0 N–H and O–H groups in total. The zero-order valence-electron chi connectivity index (χ0n) is 18.2. The monoisotopic (exact) mass is 468 g/mol. The minimum absolute atomic E-state index is 0.313. The molecule has 3 aromatic carbocycles. The van der Waals surface area contributed by atoms with E-state index < -0.39 is 0 Å². The van der Waals surface area contributed by atoms with Gasteiger partial charge in [-0.05, 0) is 54.3 Å². The highest BCUT2D eigenvalue weighted by atomic mass is 35.5. The molecule has 0 aliphatic carbocycles. The van der Waals surface area contributed by atoms with Crippen LogP contribution in [0.25, 0.3) is 11.0 Å². The minimum Gasteiger partial charge on any atom is -0.493 e. The molecular weight excluding hydrogens is 443 g/mol. The average Bonchev–Trinajstić information content (AvgIpc) is 3.14. The van der Waals surface area contributed by atoms with E-state index in [0.29, 0.717) is 34.9 Å². The molecule has 4 nitrogen and oxygen atoms in total. The maximum atomic E-state index is 6.26. The Hall–Kier alpha value is -2.69. The van der Waals surface area contributed by atoms with Gasteiger partial charge in [-0.2, -0.15) is 0 Å². The molecule has 6 heteroatoms. The van der Waals surface area contributed by atoms with Gasteiger partial charge in [0.2, 0.25) is 0 Å². The fraction of sp³-hybridized carbons (Fsp3) is 0.269. The summed E-state index contributed by atoms with van der Waals surface area (Å²) in [7, 11) is 0. The Morgan fingerprint density at radius 2 is 1.69 bits per heavy atom. The lowest BCUT2D eigenvalue weighted by Crippen LogP contribution is -2.10. The van der Waals surface area contributed by atoms with Gasteiger partial charge in [0.05, 0.1) is 22.7 Å². The first kappa shape index (κ1) is 22.5. The fourth-order valence-corrected chi connectivity index (χ4v) is 4.18. The van der Waals surface area contributed by atoms with Crippen LogP contribution in [-0.4, -0.2) is 16.2 Å². The van der Waals surface area contributed by atoms with Gasteiger partial charge in [0.1, 0.15) is 23.9 Å². The fourth-order valence-electron chi connectivity index (χ4n) is 3.71. The van der Waals surface area contributed by atoms with Crippen LogP contribution in [0.1, 0.15) is 37.6 Å². The predicted molar refractivity (Wildman–Crippen MR) is 131 cm³/mol. The highest BCUT2D eigenvalue weighted by molar-refractivity contribution is 6.35. The van der Waals surface area contributed by atoms with Crippen LogP contribution >= 0.6 is 23.2 Å². The quantitative estimate of drug-likeness (QED) is 0.238. The molecule has 166 valence electrons. The summed E-state index contributed by atoms with van der Waals surface area (Å²) in [4.78, 5) is 4.78. The Morgan fingerprint density at radius 1 is 0.906 bits per heavy atom. The van der Waals surface area contributed by atoms with E-state index in [1.165, 1.54) is 5.56 Å². The van der Waals surface area contributed by atoms with E-state index in [-0.39, 0.29) is 0 Å². The Labute approximate surface area is 198 Å². The number of hydrogen-bond acceptors (Lipinski definition) is 3. The third-order valence-corrected chi connectivity index (χ3v) is 5.84. The second kappa shape index (κ2) is 10.3. The molecular formula is C26H26Cl2N2O2. The Balaban J connectivity index is 1.46. The largest absolute Gasteiger partial charge is 0.493 e. The molecule has 0 amide bonds. The molecule has 0 aliphatic rings. The number of fused-ring (bicyclic) bond motifs is 1. The van der Waals surface area contributed by atoms with Crippen LogP contribution < -0.4 is 9.47 Å². The Morgan fingerprint density at radius 3 is 2.50 bits per heavy atom. The molecule has 0 atom stereocenters. The molecule has 0 unspecified atom stereocenters. The van der Waals surface area contributed by atoms with E-state index in [4.69, 9.17) is 37.7 Å². The highest BCUT2D eigenvalue weighted by Crippen LogP contribution is 2.29. The summed E-state index contributed by atoms with van der Waals surface area (Å²) in [5.74, 6) is 2.81. The highest BCUT2D eigenvalue weighted by Gasteiger charge is 2.13. The first-order valence-corrected chi connectivity index (χ1v) is 11.5. The lowest BCUT2D eigenvalue weighted by atomic mass is 10.0. The van der Waals surface area contributed by atoms with E-state index in [9.17, 15) is 0 Å². The van der Waals surface area contributed by atoms with Crippen LogP contribution in [0.15, 0.2) is 66.7 Å². The second-order valence-corrected chi connectivity index (χ2v) is 8.77. The van der Waals surface area contributed by atoms with Gasteiger partial charge in [-0.15, -0.1) is 0 Å². The smallest absolute Gasteiger partial charge is 0.148 e. The van der Waals surface area contributed by atoms with Crippen molar-refractivity contribution in [3.8, 4) is 11.5 Å². The van der Waals surface area contributed by atoms with Gasteiger partial charge in [-0.25, -0.2) is 4.98 Å². The van der Waals surface area contributed by atoms with Gasteiger partial charge in [0.15, 0.2) is 0 Å². The standard InChI is InChI=1S/C26H26Cl2N2O2/c1-18(2)20-8-3-6-11-24(20)31-15-7-14-30-23-10-5-4-9-22(23)29-26(30)17-32-25-13-12-19(27)16-21(25)28/h3-6,8-13,16,18H,7,14-15,17H2,1-2H3. The van der Waals surface area contributed by atoms with E-state index >= 15 is 0 Å². The number of aryl methyl sites for hydroxylation is 1. The second-order valence-electron chi connectivity index (χ2n) is 7.93. The third-order valence-electron chi connectivity index (χ3n) is 5.31. The van der Waals surface area contributed by atoms with Crippen molar-refractivity contribution >= 4 is 34.2 Å². The Bertz CT molecular complexity index is 1200. The van der Waals surface area contributed by atoms with Crippen LogP contribution in [0.2, 0.25) is 10.0 Å². The lowest BCUT2D eigenvalue weighted by molar-refractivity contribution is 0.279. The van der Waals surface area contributed by atoms with Gasteiger partial charge in [-0.3, -0.25) is 0 Å². The molecule has 0 spiro atoms. The number of benzene rings is 3. The van der Waals surface area contributed by atoms with Crippen molar-refractivity contribution in [1.29, 1.82) is 0 Å². The van der Waals surface area contributed by atoms with Gasteiger partial charge < -0.3 is 14.0 Å². The normalized spacial score (nSPS) is 11.3. The molecule has 0 aliphatic heterocycles. The van der Waals surface area contributed by atoms with Gasteiger partial charge in [0, 0.05) is 11.6 Å². The maximum absolute atomic E-state index is 6.26. The molecule has 1 heterocycles. The summed E-state index contributed by atoms with van der Waals surface area (Å²) in [5.41, 5.74) is 3.25. The van der Waals surface area contributed by atoms with Crippen molar-refractivity contribution < 1.29 is 9.47 Å². The summed E-state index contributed by atoms with van der Waals surface area (Å²) < 4.78 is 14.3. The van der Waals surface area contributed by atoms with Crippen LogP contribution in [0.3, 0.4) is 0 Å². The minimum atomic E-state index is 0.313. The molecule has 1 aromatic heterocycles. The number of ether oxygens (including phenoxy) is 2. The SMILES string of the molecule is CC(C)c1ccccc1OCCCn1c(COc2ccc(Cl)cc2Cl)nc2ccccc21. The van der Waals surface area contributed by atoms with Crippen molar-refractivity contribution in [3.63, 3.8) is 0 Å². The summed E-state index contributed by atoms with van der Waals surface area (Å²) in [6.07, 6.45) is 0.849. The average molecular weight is 469 g/mol. The molecule has 0 saturated carbocycles. The summed E-state index contributed by atoms with van der Waals surface area (Å²) in [6, 6.07) is 21.6. The summed E-state index contributed by atoms with van der Waals surface area (Å²) >= 11 is 12.2. The van der Waals surface area contributed by atoms with Crippen molar-refractivity contribution in [1.82, 2.24) is 9.55 Å². The Kier molecular flexibility index (Phi) is 7.23. The van der Waals surface area contributed by atoms with Crippen molar-refractivity contribution in [2.75, 3.05) is 6.61 Å². The summed E-state index contributed by atoms with van der Waals surface area (Å²) in [5, 5.41) is 1.06. The molecule has 4 aromatic rings.